The molecule has 31 heavy (non-hydrogen) atoms. The smallest absolute Gasteiger partial charge is 0.414 e. The zero-order chi connectivity index (χ0) is 21.9. The lowest BCUT2D eigenvalue weighted by Gasteiger charge is -2.35. The first kappa shape index (κ1) is 19.8. The summed E-state index contributed by atoms with van der Waals surface area (Å²) in [5.41, 5.74) is 0.151. The minimum absolute atomic E-state index is 0.0983. The van der Waals surface area contributed by atoms with Gasteiger partial charge < -0.3 is 19.1 Å². The molecule has 2 aliphatic rings. The van der Waals surface area contributed by atoms with E-state index in [0.29, 0.717) is 48.0 Å². The molecule has 3 heterocycles. The Labute approximate surface area is 180 Å². The topological polar surface area (TPSA) is 87.6 Å². The van der Waals surface area contributed by atoms with Crippen LogP contribution in [0, 0.1) is 5.82 Å². The van der Waals surface area contributed by atoms with Gasteiger partial charge in [0.15, 0.2) is 0 Å². The Kier molecular flexibility index (Phi) is 4.62. The molecule has 1 aromatic carbocycles. The molecule has 8 nitrogen and oxygen atoms in total. The van der Waals surface area contributed by atoms with Crippen molar-refractivity contribution in [3.05, 3.63) is 50.9 Å². The lowest BCUT2D eigenvalue weighted by molar-refractivity contribution is 0.126. The summed E-state index contributed by atoms with van der Waals surface area (Å²) in [6.45, 7) is 6.82. The number of hydrogen-bond acceptors (Lipinski definition) is 6. The molecule has 1 aliphatic carbocycles. The van der Waals surface area contributed by atoms with Crippen LogP contribution in [-0.2, 0) is 4.74 Å². The number of benzene rings is 1. The quantitative estimate of drug-likeness (QED) is 0.627. The van der Waals surface area contributed by atoms with Gasteiger partial charge in [-0.2, -0.15) is 0 Å². The lowest BCUT2D eigenvalue weighted by atomic mass is 10.1. The highest BCUT2D eigenvalue weighted by molar-refractivity contribution is 7.12. The highest BCUT2D eigenvalue weighted by Gasteiger charge is 2.30. The molecular weight excluding hydrogens is 423 g/mol. The van der Waals surface area contributed by atoms with Gasteiger partial charge in [-0.3, -0.25) is 14.0 Å². The van der Waals surface area contributed by atoms with Crippen molar-refractivity contribution in [2.24, 2.45) is 0 Å². The van der Waals surface area contributed by atoms with Crippen molar-refractivity contribution >= 4 is 44.4 Å². The van der Waals surface area contributed by atoms with Gasteiger partial charge >= 0.3 is 6.09 Å². The third kappa shape index (κ3) is 3.31. The van der Waals surface area contributed by atoms with E-state index in [9.17, 15) is 14.4 Å². The number of fused-ring (bicyclic) bond motifs is 2. The molecule has 1 saturated heterocycles. The van der Waals surface area contributed by atoms with Crippen molar-refractivity contribution < 1.29 is 13.9 Å². The van der Waals surface area contributed by atoms with Gasteiger partial charge in [0.25, 0.3) is 5.56 Å². The molecule has 1 N–H and O–H groups in total. The molecule has 5 rings (SSSR count). The predicted molar refractivity (Wildman–Crippen MR) is 118 cm³/mol. The molecule has 10 heteroatoms. The van der Waals surface area contributed by atoms with Crippen LogP contribution in [0.4, 0.5) is 14.9 Å². The number of nitrogens with zero attached hydrogens (tertiary/aromatic N) is 3. The van der Waals surface area contributed by atoms with Crippen LogP contribution < -0.4 is 15.9 Å². The number of ether oxygens (including phenoxy) is 1. The summed E-state index contributed by atoms with van der Waals surface area (Å²) in [4.78, 5) is 41.2. The molecule has 0 bridgehead atoms. The Morgan fingerprint density at radius 1 is 1.23 bits per heavy atom. The van der Waals surface area contributed by atoms with Crippen LogP contribution in [0.2, 0.25) is 0 Å². The first-order chi connectivity index (χ1) is 14.8. The van der Waals surface area contributed by atoms with Crippen molar-refractivity contribution in [2.75, 3.05) is 31.1 Å². The number of allylic oxidation sites excluding steroid dienone is 1. The number of hydrogen-bond donors (Lipinski definition) is 1. The summed E-state index contributed by atoms with van der Waals surface area (Å²) in [6, 6.07) is 3.14. The first-order valence-electron chi connectivity index (χ1n) is 10.1. The maximum absolute atomic E-state index is 15.1. The van der Waals surface area contributed by atoms with Gasteiger partial charge in [-0.05, 0) is 43.4 Å². The number of nitrogens with one attached hydrogen (secondary N) is 1. The zero-order valence-electron chi connectivity index (χ0n) is 16.9. The van der Waals surface area contributed by atoms with Crippen LogP contribution in [0.15, 0.2) is 34.1 Å². The number of rotatable bonds is 3. The average Bonchev–Trinajstić information content (AvgIpc) is 3.50. The largest absolute Gasteiger partial charge is 0.416 e. The SMILES string of the molecule is C=C(C)OC(=O)N1CCN(c2cc3c(cc2F)c(=O)c2c(=O)[nH]sc2n3C2CC2)CC1. The molecule has 1 aliphatic heterocycles. The minimum Gasteiger partial charge on any atom is -0.416 e. The number of aromatic amines is 1. The molecular formula is C21H21FN4O4S. The van der Waals surface area contributed by atoms with Crippen LogP contribution in [0.25, 0.3) is 21.1 Å². The number of carbonyl (C=O) groups excluding carboxylic acids is 1. The van der Waals surface area contributed by atoms with Gasteiger partial charge in [0.2, 0.25) is 5.43 Å². The first-order valence-corrected chi connectivity index (χ1v) is 10.9. The third-order valence-corrected chi connectivity index (χ3v) is 6.63. The molecule has 0 radical (unpaired) electrons. The maximum Gasteiger partial charge on any atom is 0.414 e. The summed E-state index contributed by atoms with van der Waals surface area (Å²) in [5, 5.41) is 0.314. The van der Waals surface area contributed by atoms with Crippen LogP contribution in [-0.4, -0.2) is 46.1 Å². The number of pyridine rings is 1. The summed E-state index contributed by atoms with van der Waals surface area (Å²) in [7, 11) is 0. The van der Waals surface area contributed by atoms with Gasteiger partial charge in [-0.25, -0.2) is 9.18 Å². The second-order valence-electron chi connectivity index (χ2n) is 8.01. The van der Waals surface area contributed by atoms with Gasteiger partial charge in [-0.15, -0.1) is 0 Å². The van der Waals surface area contributed by atoms with Gasteiger partial charge in [0, 0.05) is 37.6 Å². The van der Waals surface area contributed by atoms with E-state index in [-0.39, 0.29) is 16.8 Å². The molecule has 0 spiro atoms. The van der Waals surface area contributed by atoms with E-state index in [4.69, 9.17) is 4.74 Å². The van der Waals surface area contributed by atoms with E-state index < -0.39 is 22.9 Å². The second kappa shape index (κ2) is 7.23. The summed E-state index contributed by atoms with van der Waals surface area (Å²) < 4.78 is 24.8. The van der Waals surface area contributed by atoms with Gasteiger partial charge in [-0.1, -0.05) is 6.58 Å². The molecule has 2 aromatic heterocycles. The zero-order valence-corrected chi connectivity index (χ0v) is 17.8. The van der Waals surface area contributed by atoms with Crippen molar-refractivity contribution in [1.29, 1.82) is 0 Å². The Morgan fingerprint density at radius 3 is 2.58 bits per heavy atom. The Hall–Kier alpha value is -3.14. The van der Waals surface area contributed by atoms with Crippen LogP contribution >= 0.6 is 11.5 Å². The molecule has 2 fully saturated rings. The lowest BCUT2D eigenvalue weighted by Crippen LogP contribution is -2.49. The molecule has 0 unspecified atom stereocenters. The van der Waals surface area contributed by atoms with Crippen molar-refractivity contribution in [2.45, 2.75) is 25.8 Å². The number of anilines is 1. The summed E-state index contributed by atoms with van der Waals surface area (Å²) in [5.74, 6) is -0.194. The Balaban J connectivity index is 1.55. The molecule has 0 atom stereocenters. The minimum atomic E-state index is -0.518. The van der Waals surface area contributed by atoms with E-state index in [1.807, 2.05) is 9.47 Å². The van der Waals surface area contributed by atoms with E-state index in [1.54, 1.807) is 17.9 Å². The van der Waals surface area contributed by atoms with Gasteiger partial charge in [0.05, 0.1) is 17.0 Å². The molecule has 162 valence electrons. The fourth-order valence-electron chi connectivity index (χ4n) is 4.12. The Bertz CT molecular complexity index is 1350. The van der Waals surface area contributed by atoms with Crippen molar-refractivity contribution in [3.8, 4) is 0 Å². The number of amides is 1. The predicted octanol–water partition coefficient (Wildman–Crippen LogP) is 3.17. The van der Waals surface area contributed by atoms with Crippen LogP contribution in [0.3, 0.4) is 0 Å². The molecule has 1 amide bonds. The maximum atomic E-state index is 15.1. The molecule has 1 saturated carbocycles. The number of H-pyrrole nitrogens is 1. The third-order valence-electron chi connectivity index (χ3n) is 5.75. The van der Waals surface area contributed by atoms with E-state index in [0.717, 1.165) is 24.4 Å². The molecule has 3 aromatic rings. The number of carbonyl (C=O) groups is 1. The van der Waals surface area contributed by atoms with E-state index in [1.165, 1.54) is 6.07 Å². The number of aromatic nitrogens is 2. The fourth-order valence-corrected chi connectivity index (χ4v) is 5.05. The highest BCUT2D eigenvalue weighted by Crippen LogP contribution is 2.40. The van der Waals surface area contributed by atoms with Crippen LogP contribution in [0.5, 0.6) is 0 Å². The normalized spacial score (nSPS) is 16.8. The van der Waals surface area contributed by atoms with E-state index in [2.05, 4.69) is 11.0 Å². The monoisotopic (exact) mass is 444 g/mol. The highest BCUT2D eigenvalue weighted by atomic mass is 32.1. The summed E-state index contributed by atoms with van der Waals surface area (Å²) in [6.07, 6.45) is 1.45. The Morgan fingerprint density at radius 2 is 1.94 bits per heavy atom. The number of halogens is 1. The van der Waals surface area contributed by atoms with Crippen LogP contribution in [0.1, 0.15) is 25.8 Å². The van der Waals surface area contributed by atoms with E-state index >= 15 is 4.39 Å². The standard InChI is InChI=1S/C21H21FN4O4S/c1-11(2)30-21(29)25-7-5-24(6-8-25)16-10-15-13(9-14(16)22)18(27)17-19(28)23-31-20(17)26(15)12-3-4-12/h9-10,12H,1,3-8H2,2H3,(H,23,28). The van der Waals surface area contributed by atoms with Crippen molar-refractivity contribution in [3.63, 3.8) is 0 Å². The van der Waals surface area contributed by atoms with Gasteiger partial charge in [0.1, 0.15) is 16.0 Å². The number of piperazine rings is 1. The fraction of sp³-hybridized carbons (Fsp3) is 0.381. The second-order valence-corrected chi connectivity index (χ2v) is 8.80. The van der Waals surface area contributed by atoms with Crippen molar-refractivity contribution in [1.82, 2.24) is 13.8 Å². The average molecular weight is 444 g/mol. The summed E-state index contributed by atoms with van der Waals surface area (Å²) >= 11 is 1.14.